The molecule has 0 fully saturated rings. The smallest absolute Gasteiger partial charge is 0.416 e. The van der Waals surface area contributed by atoms with E-state index >= 15 is 0 Å². The maximum Gasteiger partial charge on any atom is 0.416 e. The molecule has 1 amide bonds. The standard InChI is InChI=1S/C19H21F3N2O2.ClH/c1-2-17(23)18(25)24-11-13-6-8-16(9-7-13)26-12-14-4-3-5-15(10-14)19(20,21)22;/h3-10,17H,2,11-12,23H2,1H3,(H,24,25);1H/t17-;/m0./s1. The Balaban J connectivity index is 0.00000364. The van der Waals surface area contributed by atoms with E-state index in [1.165, 1.54) is 6.07 Å². The Hall–Kier alpha value is -2.25. The quantitative estimate of drug-likeness (QED) is 0.734. The summed E-state index contributed by atoms with van der Waals surface area (Å²) in [6, 6.07) is 11.5. The van der Waals surface area contributed by atoms with Crippen LogP contribution in [0.15, 0.2) is 48.5 Å². The van der Waals surface area contributed by atoms with Crippen LogP contribution >= 0.6 is 12.4 Å². The average Bonchev–Trinajstić information content (AvgIpc) is 2.64. The van der Waals surface area contributed by atoms with E-state index in [0.29, 0.717) is 24.3 Å². The summed E-state index contributed by atoms with van der Waals surface area (Å²) >= 11 is 0. The highest BCUT2D eigenvalue weighted by Gasteiger charge is 2.30. The van der Waals surface area contributed by atoms with Crippen molar-refractivity contribution in [3.63, 3.8) is 0 Å². The molecule has 2 rings (SSSR count). The van der Waals surface area contributed by atoms with Crippen LogP contribution in [-0.4, -0.2) is 11.9 Å². The van der Waals surface area contributed by atoms with Crippen LogP contribution in [0.3, 0.4) is 0 Å². The first kappa shape index (κ1) is 22.8. The van der Waals surface area contributed by atoms with Gasteiger partial charge in [0.15, 0.2) is 0 Å². The minimum absolute atomic E-state index is 0. The van der Waals surface area contributed by atoms with Gasteiger partial charge in [-0.25, -0.2) is 0 Å². The number of carbonyl (C=O) groups is 1. The van der Waals surface area contributed by atoms with E-state index in [2.05, 4.69) is 5.32 Å². The Bertz CT molecular complexity index is 736. The van der Waals surface area contributed by atoms with E-state index in [9.17, 15) is 18.0 Å². The summed E-state index contributed by atoms with van der Waals surface area (Å²) < 4.78 is 43.6. The lowest BCUT2D eigenvalue weighted by atomic mass is 10.1. The van der Waals surface area contributed by atoms with Crippen molar-refractivity contribution in [2.75, 3.05) is 0 Å². The largest absolute Gasteiger partial charge is 0.489 e. The first-order valence-corrected chi connectivity index (χ1v) is 8.20. The Kier molecular flexibility index (Phi) is 8.59. The summed E-state index contributed by atoms with van der Waals surface area (Å²) in [7, 11) is 0. The fraction of sp³-hybridized carbons (Fsp3) is 0.316. The van der Waals surface area contributed by atoms with Crippen molar-refractivity contribution in [2.45, 2.75) is 38.7 Å². The van der Waals surface area contributed by atoms with Gasteiger partial charge in [-0.15, -0.1) is 12.4 Å². The molecular weight excluding hydrogens is 381 g/mol. The average molecular weight is 403 g/mol. The van der Waals surface area contributed by atoms with Gasteiger partial charge in [0, 0.05) is 6.54 Å². The van der Waals surface area contributed by atoms with E-state index in [4.69, 9.17) is 10.5 Å². The number of rotatable bonds is 7. The molecule has 0 saturated carbocycles. The highest BCUT2D eigenvalue weighted by Crippen LogP contribution is 2.29. The van der Waals surface area contributed by atoms with Crippen LogP contribution in [0.4, 0.5) is 13.2 Å². The molecule has 1 atom stereocenters. The first-order valence-electron chi connectivity index (χ1n) is 8.20. The first-order chi connectivity index (χ1) is 12.3. The van der Waals surface area contributed by atoms with Crippen LogP contribution in [0.25, 0.3) is 0 Å². The molecule has 0 saturated heterocycles. The van der Waals surface area contributed by atoms with E-state index < -0.39 is 17.8 Å². The Morgan fingerprint density at radius 2 is 1.81 bits per heavy atom. The van der Waals surface area contributed by atoms with Gasteiger partial charge in [-0.05, 0) is 41.8 Å². The Morgan fingerprint density at radius 3 is 2.41 bits per heavy atom. The fourth-order valence-corrected chi connectivity index (χ4v) is 2.21. The van der Waals surface area contributed by atoms with Crippen molar-refractivity contribution in [2.24, 2.45) is 5.73 Å². The number of nitrogens with two attached hydrogens (primary N) is 1. The molecule has 0 unspecified atom stereocenters. The van der Waals surface area contributed by atoms with Gasteiger partial charge in [-0.1, -0.05) is 31.2 Å². The minimum Gasteiger partial charge on any atom is -0.489 e. The summed E-state index contributed by atoms with van der Waals surface area (Å²) in [6.07, 6.45) is -3.81. The zero-order chi connectivity index (χ0) is 19.2. The van der Waals surface area contributed by atoms with E-state index in [1.807, 2.05) is 6.92 Å². The van der Waals surface area contributed by atoms with Crippen LogP contribution in [0.2, 0.25) is 0 Å². The molecule has 3 N–H and O–H groups in total. The molecule has 4 nitrogen and oxygen atoms in total. The lowest BCUT2D eigenvalue weighted by Crippen LogP contribution is -2.39. The molecule has 0 aliphatic heterocycles. The second kappa shape index (κ2) is 10.2. The number of benzene rings is 2. The molecule has 8 heteroatoms. The predicted octanol–water partition coefficient (Wildman–Crippen LogP) is 4.06. The molecule has 0 heterocycles. The maximum atomic E-state index is 12.7. The topological polar surface area (TPSA) is 64.4 Å². The Labute approximate surface area is 162 Å². The molecular formula is C19H22ClF3N2O2. The predicted molar refractivity (Wildman–Crippen MR) is 99.6 cm³/mol. The number of halogens is 4. The summed E-state index contributed by atoms with van der Waals surface area (Å²) in [5.41, 5.74) is 6.24. The lowest BCUT2D eigenvalue weighted by molar-refractivity contribution is -0.137. The fourth-order valence-electron chi connectivity index (χ4n) is 2.21. The number of nitrogens with one attached hydrogen (secondary N) is 1. The third-order valence-electron chi connectivity index (χ3n) is 3.83. The van der Waals surface area contributed by atoms with Crippen molar-refractivity contribution in [1.29, 1.82) is 0 Å². The second-order valence-corrected chi connectivity index (χ2v) is 5.86. The molecule has 148 valence electrons. The number of ether oxygens (including phenoxy) is 1. The number of amides is 1. The number of hydrogen-bond donors (Lipinski definition) is 2. The minimum atomic E-state index is -4.37. The van der Waals surface area contributed by atoms with Gasteiger partial charge in [0.2, 0.25) is 5.91 Å². The van der Waals surface area contributed by atoms with E-state index in [1.54, 1.807) is 30.3 Å². The highest BCUT2D eigenvalue weighted by atomic mass is 35.5. The van der Waals surface area contributed by atoms with Gasteiger partial charge < -0.3 is 15.8 Å². The third-order valence-corrected chi connectivity index (χ3v) is 3.83. The molecule has 0 bridgehead atoms. The summed E-state index contributed by atoms with van der Waals surface area (Å²) in [6.45, 7) is 2.21. The number of alkyl halides is 3. The monoisotopic (exact) mass is 402 g/mol. The van der Waals surface area contributed by atoms with Gasteiger partial charge in [0.1, 0.15) is 12.4 Å². The van der Waals surface area contributed by atoms with Crippen molar-refractivity contribution >= 4 is 18.3 Å². The molecule has 0 spiro atoms. The van der Waals surface area contributed by atoms with Crippen LogP contribution in [0.5, 0.6) is 5.75 Å². The van der Waals surface area contributed by atoms with Crippen LogP contribution in [-0.2, 0) is 24.1 Å². The van der Waals surface area contributed by atoms with Crippen LogP contribution in [0, 0.1) is 0 Å². The molecule has 2 aromatic rings. The number of hydrogen-bond acceptors (Lipinski definition) is 3. The molecule has 0 aliphatic rings. The molecule has 0 aliphatic carbocycles. The van der Waals surface area contributed by atoms with E-state index in [0.717, 1.165) is 17.7 Å². The van der Waals surface area contributed by atoms with Gasteiger partial charge in [0.25, 0.3) is 0 Å². The zero-order valence-electron chi connectivity index (χ0n) is 14.8. The zero-order valence-corrected chi connectivity index (χ0v) is 15.6. The highest BCUT2D eigenvalue weighted by molar-refractivity contribution is 5.85. The van der Waals surface area contributed by atoms with Gasteiger partial charge >= 0.3 is 6.18 Å². The lowest BCUT2D eigenvalue weighted by Gasteiger charge is -2.11. The Morgan fingerprint density at radius 1 is 1.15 bits per heavy atom. The molecule has 0 aromatic heterocycles. The summed E-state index contributed by atoms with van der Waals surface area (Å²) in [5, 5.41) is 2.74. The molecule has 0 radical (unpaired) electrons. The number of carbonyl (C=O) groups excluding carboxylic acids is 1. The third kappa shape index (κ3) is 7.11. The SMILES string of the molecule is CC[C@H](N)C(=O)NCc1ccc(OCc2cccc(C(F)(F)F)c2)cc1.Cl. The second-order valence-electron chi connectivity index (χ2n) is 5.86. The van der Waals surface area contributed by atoms with Crippen molar-refractivity contribution in [3.05, 3.63) is 65.2 Å². The van der Waals surface area contributed by atoms with Crippen molar-refractivity contribution in [3.8, 4) is 5.75 Å². The molecule has 27 heavy (non-hydrogen) atoms. The van der Waals surface area contributed by atoms with Gasteiger partial charge in [-0.2, -0.15) is 13.2 Å². The normalized spacial score (nSPS) is 12.0. The van der Waals surface area contributed by atoms with E-state index in [-0.39, 0.29) is 24.9 Å². The molecule has 2 aromatic carbocycles. The van der Waals surface area contributed by atoms with Crippen molar-refractivity contribution < 1.29 is 22.7 Å². The summed E-state index contributed by atoms with van der Waals surface area (Å²) in [5.74, 6) is 0.320. The summed E-state index contributed by atoms with van der Waals surface area (Å²) in [4.78, 5) is 11.6. The van der Waals surface area contributed by atoms with Crippen LogP contribution in [0.1, 0.15) is 30.0 Å². The van der Waals surface area contributed by atoms with Crippen molar-refractivity contribution in [1.82, 2.24) is 5.32 Å². The van der Waals surface area contributed by atoms with Gasteiger partial charge in [0.05, 0.1) is 11.6 Å². The van der Waals surface area contributed by atoms with Gasteiger partial charge in [-0.3, -0.25) is 4.79 Å². The van der Waals surface area contributed by atoms with Crippen LogP contribution < -0.4 is 15.8 Å². The maximum absolute atomic E-state index is 12.7.